The van der Waals surface area contributed by atoms with Crippen molar-refractivity contribution in [1.82, 2.24) is 19.9 Å². The molecule has 0 radical (unpaired) electrons. The molecule has 7 nitrogen and oxygen atoms in total. The van der Waals surface area contributed by atoms with Crippen LogP contribution in [0.5, 0.6) is 0 Å². The van der Waals surface area contributed by atoms with Crippen molar-refractivity contribution >= 4 is 10.0 Å². The van der Waals surface area contributed by atoms with Gasteiger partial charge in [0, 0.05) is 36.7 Å². The zero-order valence-electron chi connectivity index (χ0n) is 10.4. The van der Waals surface area contributed by atoms with Crippen LogP contribution in [-0.2, 0) is 23.1 Å². The minimum Gasteiger partial charge on any atom is -0.326 e. The van der Waals surface area contributed by atoms with Gasteiger partial charge in [0.1, 0.15) is 0 Å². The normalized spacial score (nSPS) is 11.7. The molecule has 0 saturated heterocycles. The van der Waals surface area contributed by atoms with E-state index in [4.69, 9.17) is 5.73 Å². The number of hydrogen-bond donors (Lipinski definition) is 3. The van der Waals surface area contributed by atoms with Crippen LogP contribution in [-0.4, -0.2) is 23.6 Å². The molecular weight excluding hydrogens is 266 g/mol. The van der Waals surface area contributed by atoms with Gasteiger partial charge in [-0.1, -0.05) is 6.07 Å². The summed E-state index contributed by atoms with van der Waals surface area (Å²) in [4.78, 5) is 3.92. The molecule has 19 heavy (non-hydrogen) atoms. The second kappa shape index (κ2) is 5.47. The maximum atomic E-state index is 12.1. The fourth-order valence-corrected chi connectivity index (χ4v) is 2.86. The predicted molar refractivity (Wildman–Crippen MR) is 69.5 cm³/mol. The van der Waals surface area contributed by atoms with E-state index in [1.54, 1.807) is 31.5 Å². The van der Waals surface area contributed by atoms with Crippen LogP contribution in [0, 0.1) is 6.92 Å². The summed E-state index contributed by atoms with van der Waals surface area (Å²) in [6.07, 6.45) is 3.23. The smallest absolute Gasteiger partial charge is 0.260 e. The molecule has 0 bridgehead atoms. The largest absolute Gasteiger partial charge is 0.326 e. The zero-order valence-corrected chi connectivity index (χ0v) is 11.2. The molecule has 0 fully saturated rings. The molecular formula is C11H15N5O2S. The Balaban J connectivity index is 2.19. The Morgan fingerprint density at radius 1 is 1.47 bits per heavy atom. The molecule has 0 aliphatic rings. The molecule has 0 amide bonds. The summed E-state index contributed by atoms with van der Waals surface area (Å²) in [6.45, 7) is 2.01. The van der Waals surface area contributed by atoms with Crippen LogP contribution in [0.4, 0.5) is 0 Å². The van der Waals surface area contributed by atoms with Gasteiger partial charge in [-0.3, -0.25) is 10.1 Å². The van der Waals surface area contributed by atoms with Crippen molar-refractivity contribution in [3.8, 4) is 0 Å². The Morgan fingerprint density at radius 3 is 2.89 bits per heavy atom. The maximum absolute atomic E-state index is 12.1. The van der Waals surface area contributed by atoms with Crippen LogP contribution in [0.1, 0.15) is 16.8 Å². The summed E-state index contributed by atoms with van der Waals surface area (Å²) in [5.74, 6) is 0. The van der Waals surface area contributed by atoms with Crippen molar-refractivity contribution in [3.63, 3.8) is 0 Å². The lowest BCUT2D eigenvalue weighted by Crippen LogP contribution is -2.25. The van der Waals surface area contributed by atoms with E-state index in [2.05, 4.69) is 19.9 Å². The van der Waals surface area contributed by atoms with Crippen molar-refractivity contribution in [2.75, 3.05) is 0 Å². The molecule has 0 aliphatic carbocycles. The van der Waals surface area contributed by atoms with E-state index < -0.39 is 10.0 Å². The molecule has 0 unspecified atom stereocenters. The molecule has 102 valence electrons. The fraction of sp³-hybridized carbons (Fsp3) is 0.273. The van der Waals surface area contributed by atoms with Crippen molar-refractivity contribution in [2.45, 2.75) is 25.0 Å². The quantitative estimate of drug-likeness (QED) is 0.716. The average molecular weight is 281 g/mol. The zero-order chi connectivity index (χ0) is 13.9. The van der Waals surface area contributed by atoms with Crippen molar-refractivity contribution in [3.05, 3.63) is 41.3 Å². The van der Waals surface area contributed by atoms with Crippen LogP contribution in [0.3, 0.4) is 0 Å². The number of aromatic nitrogens is 3. The van der Waals surface area contributed by atoms with Gasteiger partial charge < -0.3 is 5.73 Å². The number of nitrogens with zero attached hydrogens (tertiary/aromatic N) is 2. The first kappa shape index (κ1) is 13.7. The Morgan fingerprint density at radius 2 is 2.26 bits per heavy atom. The molecule has 8 heteroatoms. The molecule has 4 N–H and O–H groups in total. The molecule has 2 heterocycles. The van der Waals surface area contributed by atoms with Crippen LogP contribution in [0.15, 0.2) is 29.6 Å². The number of nitrogens with one attached hydrogen (secondary N) is 2. The van der Waals surface area contributed by atoms with E-state index >= 15 is 0 Å². The first-order valence-corrected chi connectivity index (χ1v) is 7.15. The number of sulfonamides is 1. The van der Waals surface area contributed by atoms with Gasteiger partial charge in [0.2, 0.25) is 0 Å². The van der Waals surface area contributed by atoms with E-state index in [1.807, 2.05) is 0 Å². The number of H-pyrrole nitrogens is 1. The standard InChI is InChI=1S/C11H15N5O2S/c1-8-10(5-12)11(16-15-8)19(17,18)14-7-9-3-2-4-13-6-9/h2-4,6,14H,5,7,12H2,1H3,(H,15,16). The lowest BCUT2D eigenvalue weighted by Gasteiger charge is -2.05. The van der Waals surface area contributed by atoms with Crippen molar-refractivity contribution in [2.24, 2.45) is 5.73 Å². The van der Waals surface area contributed by atoms with E-state index in [0.29, 0.717) is 11.3 Å². The number of rotatable bonds is 5. The monoisotopic (exact) mass is 281 g/mol. The molecule has 0 saturated carbocycles. The summed E-state index contributed by atoms with van der Waals surface area (Å²) in [6, 6.07) is 3.53. The highest BCUT2D eigenvalue weighted by molar-refractivity contribution is 7.89. The van der Waals surface area contributed by atoms with Gasteiger partial charge >= 0.3 is 0 Å². The summed E-state index contributed by atoms with van der Waals surface area (Å²) < 4.78 is 26.7. The predicted octanol–water partition coefficient (Wildman–Crippen LogP) is 0.0503. The van der Waals surface area contributed by atoms with Crippen molar-refractivity contribution in [1.29, 1.82) is 0 Å². The average Bonchev–Trinajstić information content (AvgIpc) is 2.79. The molecule has 0 atom stereocenters. The van der Waals surface area contributed by atoms with Crippen LogP contribution < -0.4 is 10.5 Å². The van der Waals surface area contributed by atoms with Gasteiger partial charge in [-0.15, -0.1) is 0 Å². The molecule has 2 rings (SSSR count). The van der Waals surface area contributed by atoms with E-state index in [9.17, 15) is 8.42 Å². The van der Waals surface area contributed by atoms with Crippen LogP contribution >= 0.6 is 0 Å². The SMILES string of the molecule is Cc1[nH]nc(S(=O)(=O)NCc2cccnc2)c1CN. The third-order valence-corrected chi connectivity index (χ3v) is 4.05. The number of pyridine rings is 1. The first-order valence-electron chi connectivity index (χ1n) is 5.67. The lowest BCUT2D eigenvalue weighted by atomic mass is 10.3. The fourth-order valence-electron chi connectivity index (χ4n) is 1.64. The third-order valence-electron chi connectivity index (χ3n) is 2.68. The number of aryl methyl sites for hydroxylation is 1. The minimum absolute atomic E-state index is 0.0450. The van der Waals surface area contributed by atoms with Crippen LogP contribution in [0.25, 0.3) is 0 Å². The lowest BCUT2D eigenvalue weighted by molar-refractivity contribution is 0.575. The Hall–Kier alpha value is -1.77. The Kier molecular flexibility index (Phi) is 3.93. The summed E-state index contributed by atoms with van der Waals surface area (Å²) in [5, 5.41) is 6.39. The second-order valence-electron chi connectivity index (χ2n) is 4.02. The number of aromatic amines is 1. The minimum atomic E-state index is -3.68. The van der Waals surface area contributed by atoms with Crippen LogP contribution in [0.2, 0.25) is 0 Å². The maximum Gasteiger partial charge on any atom is 0.260 e. The molecule has 2 aromatic heterocycles. The van der Waals surface area contributed by atoms with Crippen molar-refractivity contribution < 1.29 is 8.42 Å². The van der Waals surface area contributed by atoms with Gasteiger partial charge in [-0.25, -0.2) is 13.1 Å². The van der Waals surface area contributed by atoms with Gasteiger partial charge in [-0.05, 0) is 18.6 Å². The van der Waals surface area contributed by atoms with Gasteiger partial charge in [0.05, 0.1) is 0 Å². The summed E-state index contributed by atoms with van der Waals surface area (Å²) in [7, 11) is -3.68. The first-order chi connectivity index (χ1) is 9.04. The Bertz CT molecular complexity index is 651. The summed E-state index contributed by atoms with van der Waals surface area (Å²) in [5.41, 5.74) is 7.46. The highest BCUT2D eigenvalue weighted by Crippen LogP contribution is 2.15. The molecule has 0 spiro atoms. The van der Waals surface area contributed by atoms with E-state index in [1.165, 1.54) is 0 Å². The third kappa shape index (κ3) is 2.98. The molecule has 2 aromatic rings. The number of hydrogen-bond acceptors (Lipinski definition) is 5. The second-order valence-corrected chi connectivity index (χ2v) is 5.70. The molecule has 0 aromatic carbocycles. The Labute approximate surface area is 111 Å². The number of nitrogens with two attached hydrogens (primary N) is 1. The topological polar surface area (TPSA) is 114 Å². The van der Waals surface area contributed by atoms with E-state index in [-0.39, 0.29) is 18.1 Å². The van der Waals surface area contributed by atoms with Gasteiger partial charge in [0.15, 0.2) is 5.03 Å². The van der Waals surface area contributed by atoms with Gasteiger partial charge in [0.25, 0.3) is 10.0 Å². The highest BCUT2D eigenvalue weighted by atomic mass is 32.2. The van der Waals surface area contributed by atoms with Gasteiger partial charge in [-0.2, -0.15) is 5.10 Å². The highest BCUT2D eigenvalue weighted by Gasteiger charge is 2.22. The van der Waals surface area contributed by atoms with E-state index in [0.717, 1.165) is 5.56 Å². The summed E-state index contributed by atoms with van der Waals surface area (Å²) >= 11 is 0. The molecule has 0 aliphatic heterocycles.